The van der Waals surface area contributed by atoms with Crippen molar-refractivity contribution in [2.24, 2.45) is 0 Å². The van der Waals surface area contributed by atoms with Crippen molar-refractivity contribution in [1.29, 1.82) is 0 Å². The topological polar surface area (TPSA) is 66.5 Å². The first-order chi connectivity index (χ1) is 10.3. The van der Waals surface area contributed by atoms with Gasteiger partial charge in [0.15, 0.2) is 0 Å². The van der Waals surface area contributed by atoms with Gasteiger partial charge in [-0.1, -0.05) is 32.0 Å². The molecule has 1 amide bonds. The number of para-hydroxylation sites is 1. The molecule has 1 heterocycles. The van der Waals surface area contributed by atoms with Gasteiger partial charge in [-0.3, -0.25) is 9.10 Å². The number of carbonyl (C=O) groups excluding carboxylic acids is 1. The summed E-state index contributed by atoms with van der Waals surface area (Å²) >= 11 is 0. The molecule has 5 nitrogen and oxygen atoms in total. The van der Waals surface area contributed by atoms with Gasteiger partial charge in [-0.15, -0.1) is 0 Å². The Morgan fingerprint density at radius 1 is 1.27 bits per heavy atom. The van der Waals surface area contributed by atoms with E-state index in [1.807, 2.05) is 45.0 Å². The third kappa shape index (κ3) is 4.10. The second-order valence-corrected chi connectivity index (χ2v) is 6.78. The van der Waals surface area contributed by atoms with Crippen LogP contribution < -0.4 is 9.62 Å². The lowest BCUT2D eigenvalue weighted by atomic mass is 9.98. The molecule has 0 fully saturated rings. The number of rotatable bonds is 3. The van der Waals surface area contributed by atoms with Crippen LogP contribution in [0.25, 0.3) is 6.08 Å². The highest BCUT2D eigenvalue weighted by molar-refractivity contribution is 7.92. The van der Waals surface area contributed by atoms with E-state index < -0.39 is 10.0 Å². The van der Waals surface area contributed by atoms with Crippen LogP contribution in [0.1, 0.15) is 33.3 Å². The number of anilines is 1. The minimum atomic E-state index is -3.38. The minimum Gasteiger partial charge on any atom is -0.353 e. The van der Waals surface area contributed by atoms with Gasteiger partial charge in [0, 0.05) is 13.5 Å². The predicted octanol–water partition coefficient (Wildman–Crippen LogP) is 2.40. The van der Waals surface area contributed by atoms with Gasteiger partial charge in [-0.25, -0.2) is 8.42 Å². The highest BCUT2D eigenvalue weighted by Gasteiger charge is 2.31. The minimum absolute atomic E-state index is 0.136. The number of hydrogen-bond acceptors (Lipinski definition) is 3. The zero-order valence-corrected chi connectivity index (χ0v) is 14.6. The van der Waals surface area contributed by atoms with Crippen molar-refractivity contribution in [3.63, 3.8) is 0 Å². The maximum Gasteiger partial charge on any atom is 0.232 e. The van der Waals surface area contributed by atoms with Crippen LogP contribution in [0.15, 0.2) is 29.8 Å². The number of nitrogens with one attached hydrogen (secondary N) is 1. The Bertz CT molecular complexity index is 666. The number of amides is 1. The molecule has 1 aliphatic rings. The Morgan fingerprint density at radius 2 is 1.86 bits per heavy atom. The average Bonchev–Trinajstić information content (AvgIpc) is 2.45. The van der Waals surface area contributed by atoms with E-state index in [-0.39, 0.29) is 11.9 Å². The highest BCUT2D eigenvalue weighted by Crippen LogP contribution is 2.33. The Kier molecular flexibility index (Phi) is 6.17. The largest absolute Gasteiger partial charge is 0.353 e. The van der Waals surface area contributed by atoms with Gasteiger partial charge in [-0.2, -0.15) is 0 Å². The summed E-state index contributed by atoms with van der Waals surface area (Å²) in [4.78, 5) is 11.0. The molecule has 0 saturated carbocycles. The number of nitrogens with zero attached hydrogens (tertiary/aromatic N) is 1. The number of benzene rings is 1. The zero-order chi connectivity index (χ0) is 16.9. The summed E-state index contributed by atoms with van der Waals surface area (Å²) in [5.74, 6) is -0.136. The fourth-order valence-electron chi connectivity index (χ4n) is 2.38. The molecule has 0 saturated heterocycles. The molecule has 1 aromatic carbocycles. The molecular weight excluding hydrogens is 300 g/mol. The van der Waals surface area contributed by atoms with E-state index in [1.54, 1.807) is 6.07 Å². The van der Waals surface area contributed by atoms with Crippen LogP contribution in [0.2, 0.25) is 0 Å². The van der Waals surface area contributed by atoms with Crippen molar-refractivity contribution < 1.29 is 13.2 Å². The lowest BCUT2D eigenvalue weighted by Crippen LogP contribution is -2.43. The molecule has 6 heteroatoms. The van der Waals surface area contributed by atoms with Gasteiger partial charge in [0.1, 0.15) is 0 Å². The van der Waals surface area contributed by atoms with Crippen LogP contribution >= 0.6 is 0 Å². The Labute approximate surface area is 133 Å². The first kappa shape index (κ1) is 18.2. The van der Waals surface area contributed by atoms with E-state index >= 15 is 0 Å². The SMILES string of the molecule is CC.CC(=O)NCC1=Cc2ccccc2N(S(C)(=O)=O)[C@@H]1C. The summed E-state index contributed by atoms with van der Waals surface area (Å²) in [6.45, 7) is 7.61. The number of fused-ring (bicyclic) bond motifs is 1. The second kappa shape index (κ2) is 7.45. The zero-order valence-electron chi connectivity index (χ0n) is 13.8. The van der Waals surface area contributed by atoms with Gasteiger partial charge >= 0.3 is 0 Å². The van der Waals surface area contributed by atoms with Gasteiger partial charge in [0.2, 0.25) is 15.9 Å². The molecule has 0 spiro atoms. The molecule has 1 atom stereocenters. The first-order valence-electron chi connectivity index (χ1n) is 7.34. The van der Waals surface area contributed by atoms with Gasteiger partial charge in [0.25, 0.3) is 0 Å². The summed E-state index contributed by atoms with van der Waals surface area (Å²) < 4.78 is 25.5. The lowest BCUT2D eigenvalue weighted by Gasteiger charge is -2.35. The Hall–Kier alpha value is -1.82. The molecule has 2 rings (SSSR count). The van der Waals surface area contributed by atoms with E-state index in [2.05, 4.69) is 5.32 Å². The normalized spacial score (nSPS) is 16.9. The van der Waals surface area contributed by atoms with Crippen molar-refractivity contribution in [2.75, 3.05) is 17.1 Å². The molecule has 0 aliphatic carbocycles. The third-order valence-corrected chi connectivity index (χ3v) is 4.53. The van der Waals surface area contributed by atoms with Crippen LogP contribution in [0.4, 0.5) is 5.69 Å². The maximum absolute atomic E-state index is 12.1. The van der Waals surface area contributed by atoms with Crippen LogP contribution in [0.5, 0.6) is 0 Å². The van der Waals surface area contributed by atoms with Crippen LogP contribution in [0, 0.1) is 0 Å². The monoisotopic (exact) mass is 324 g/mol. The smallest absolute Gasteiger partial charge is 0.232 e. The standard InChI is InChI=1S/C14H18N2O3S.C2H6/c1-10-13(9-15-11(2)17)8-12-6-4-5-7-14(12)16(10)20(3,18)19;1-2/h4-8,10H,9H2,1-3H3,(H,15,17);1-2H3/t10-;/m1./s1. The average molecular weight is 324 g/mol. The summed E-state index contributed by atoms with van der Waals surface area (Å²) in [6, 6.07) is 7.02. The predicted molar refractivity (Wildman–Crippen MR) is 91.2 cm³/mol. The maximum atomic E-state index is 12.1. The number of sulfonamides is 1. The lowest BCUT2D eigenvalue weighted by molar-refractivity contribution is -0.118. The molecule has 0 unspecified atom stereocenters. The van der Waals surface area contributed by atoms with E-state index in [0.29, 0.717) is 12.2 Å². The number of hydrogen-bond donors (Lipinski definition) is 1. The molecule has 22 heavy (non-hydrogen) atoms. The van der Waals surface area contributed by atoms with Crippen molar-refractivity contribution in [2.45, 2.75) is 33.7 Å². The molecular formula is C16H24N2O3S. The van der Waals surface area contributed by atoms with E-state index in [0.717, 1.165) is 11.1 Å². The van der Waals surface area contributed by atoms with E-state index in [4.69, 9.17) is 0 Å². The summed E-state index contributed by atoms with van der Waals surface area (Å²) in [5.41, 5.74) is 2.38. The second-order valence-electron chi connectivity index (χ2n) is 4.92. The van der Waals surface area contributed by atoms with Crippen molar-refractivity contribution >= 4 is 27.7 Å². The van der Waals surface area contributed by atoms with Gasteiger partial charge < -0.3 is 5.32 Å². The molecule has 0 radical (unpaired) electrons. The molecule has 0 bridgehead atoms. The fraction of sp³-hybridized carbons (Fsp3) is 0.438. The first-order valence-corrected chi connectivity index (χ1v) is 9.19. The fourth-order valence-corrected chi connectivity index (χ4v) is 3.61. The number of carbonyl (C=O) groups is 1. The van der Waals surface area contributed by atoms with Crippen LogP contribution in [-0.2, 0) is 14.8 Å². The molecule has 1 aromatic rings. The third-order valence-electron chi connectivity index (χ3n) is 3.30. The molecule has 1 N–H and O–H groups in total. The molecule has 1 aliphatic heterocycles. The van der Waals surface area contributed by atoms with Gasteiger partial charge in [0.05, 0.1) is 18.0 Å². The molecule has 0 aromatic heterocycles. The van der Waals surface area contributed by atoms with Crippen molar-refractivity contribution in [3.05, 3.63) is 35.4 Å². The molecule has 122 valence electrons. The summed E-state index contributed by atoms with van der Waals surface area (Å²) in [6.07, 6.45) is 3.14. The van der Waals surface area contributed by atoms with E-state index in [1.165, 1.54) is 17.5 Å². The van der Waals surface area contributed by atoms with Crippen LogP contribution in [0.3, 0.4) is 0 Å². The highest BCUT2D eigenvalue weighted by atomic mass is 32.2. The van der Waals surface area contributed by atoms with E-state index in [9.17, 15) is 13.2 Å². The summed E-state index contributed by atoms with van der Waals surface area (Å²) in [5, 5.41) is 2.72. The van der Waals surface area contributed by atoms with Crippen molar-refractivity contribution in [1.82, 2.24) is 5.32 Å². The summed E-state index contributed by atoms with van der Waals surface area (Å²) in [7, 11) is -3.38. The quantitative estimate of drug-likeness (QED) is 0.928. The Balaban J connectivity index is 0.00000116. The van der Waals surface area contributed by atoms with Crippen molar-refractivity contribution in [3.8, 4) is 0 Å². The van der Waals surface area contributed by atoms with Crippen LogP contribution in [-0.4, -0.2) is 33.2 Å². The Morgan fingerprint density at radius 3 is 2.41 bits per heavy atom. The van der Waals surface area contributed by atoms with Gasteiger partial charge in [-0.05, 0) is 30.2 Å².